The number of hydrogen-bond acceptors (Lipinski definition) is 6. The minimum Gasteiger partial charge on any atom is -0.394 e. The molecule has 0 heterocycles. The van der Waals surface area contributed by atoms with Crippen molar-refractivity contribution in [1.29, 1.82) is 0 Å². The number of hydrogen-bond donors (Lipinski definition) is 4. The maximum absolute atomic E-state index is 11.6. The van der Waals surface area contributed by atoms with E-state index in [2.05, 4.69) is 10.6 Å². The summed E-state index contributed by atoms with van der Waals surface area (Å²) >= 11 is 0. The highest BCUT2D eigenvalue weighted by Gasteiger charge is 2.19. The molecule has 1 unspecified atom stereocenters. The standard InChI is InChI=1S/C12H24N2O4/c1-8(16)12(9(2)17)14-6-4-5-11(18)10(7-15)13-3/h8,10,12-16H,4-7H2,1-3H3/t8?,10-,12-/m0/s1. The fourth-order valence-electron chi connectivity index (χ4n) is 1.70. The Labute approximate surface area is 108 Å². The van der Waals surface area contributed by atoms with Crippen LogP contribution >= 0.6 is 0 Å². The molecule has 6 heteroatoms. The number of ketones is 2. The van der Waals surface area contributed by atoms with Crippen LogP contribution in [0.15, 0.2) is 0 Å². The Morgan fingerprint density at radius 2 is 1.94 bits per heavy atom. The summed E-state index contributed by atoms with van der Waals surface area (Å²) in [5.74, 6) is -0.182. The highest BCUT2D eigenvalue weighted by atomic mass is 16.3. The molecule has 0 fully saturated rings. The predicted octanol–water partition coefficient (Wildman–Crippen LogP) is -1.16. The molecule has 0 radical (unpaired) electrons. The summed E-state index contributed by atoms with van der Waals surface area (Å²) in [5.41, 5.74) is 0. The van der Waals surface area contributed by atoms with Crippen LogP contribution in [0.5, 0.6) is 0 Å². The quantitative estimate of drug-likeness (QED) is 0.370. The molecular formula is C12H24N2O4. The zero-order chi connectivity index (χ0) is 14.1. The van der Waals surface area contributed by atoms with E-state index in [4.69, 9.17) is 5.11 Å². The van der Waals surface area contributed by atoms with Gasteiger partial charge in [0.2, 0.25) is 0 Å². The smallest absolute Gasteiger partial charge is 0.152 e. The van der Waals surface area contributed by atoms with E-state index in [-0.39, 0.29) is 18.2 Å². The molecule has 0 aliphatic rings. The molecule has 3 atom stereocenters. The SMILES string of the molecule is CN[C@@H](CO)C(=O)CCCN[C@H](C(C)=O)C(C)O. The second-order valence-corrected chi connectivity index (χ2v) is 4.38. The van der Waals surface area contributed by atoms with Crippen LogP contribution in [0.25, 0.3) is 0 Å². The number of aliphatic hydroxyl groups excluding tert-OH is 2. The zero-order valence-electron chi connectivity index (χ0n) is 11.3. The molecule has 0 aromatic heterocycles. The average Bonchev–Trinajstić information content (AvgIpc) is 2.29. The summed E-state index contributed by atoms with van der Waals surface area (Å²) in [5, 5.41) is 23.9. The van der Waals surface area contributed by atoms with Crippen molar-refractivity contribution in [2.75, 3.05) is 20.2 Å². The Morgan fingerprint density at radius 1 is 1.33 bits per heavy atom. The second kappa shape index (κ2) is 9.16. The number of rotatable bonds is 10. The summed E-state index contributed by atoms with van der Waals surface area (Å²) in [6.45, 7) is 3.22. The molecule has 0 saturated heterocycles. The third-order valence-corrected chi connectivity index (χ3v) is 2.80. The number of likely N-dealkylation sites (N-methyl/N-ethyl adjacent to an activating group) is 1. The third-order valence-electron chi connectivity index (χ3n) is 2.80. The van der Waals surface area contributed by atoms with Crippen molar-refractivity contribution in [3.8, 4) is 0 Å². The molecular weight excluding hydrogens is 236 g/mol. The van der Waals surface area contributed by atoms with E-state index in [9.17, 15) is 14.7 Å². The van der Waals surface area contributed by atoms with Gasteiger partial charge in [-0.25, -0.2) is 0 Å². The van der Waals surface area contributed by atoms with Gasteiger partial charge < -0.3 is 20.8 Å². The summed E-state index contributed by atoms with van der Waals surface area (Å²) in [7, 11) is 1.62. The van der Waals surface area contributed by atoms with Crippen LogP contribution in [0.2, 0.25) is 0 Å². The molecule has 4 N–H and O–H groups in total. The van der Waals surface area contributed by atoms with E-state index in [1.54, 1.807) is 14.0 Å². The minimum absolute atomic E-state index is 0.0572. The lowest BCUT2D eigenvalue weighted by molar-refractivity contribution is -0.122. The Hall–Kier alpha value is -0.820. The molecule has 18 heavy (non-hydrogen) atoms. The van der Waals surface area contributed by atoms with Crippen molar-refractivity contribution in [2.24, 2.45) is 0 Å². The first-order valence-electron chi connectivity index (χ1n) is 6.16. The number of carbonyl (C=O) groups excluding carboxylic acids is 2. The first-order chi connectivity index (χ1) is 8.43. The van der Waals surface area contributed by atoms with Gasteiger partial charge in [-0.2, -0.15) is 0 Å². The van der Waals surface area contributed by atoms with Crippen LogP contribution in [-0.2, 0) is 9.59 Å². The Kier molecular flexibility index (Phi) is 8.74. The molecule has 106 valence electrons. The van der Waals surface area contributed by atoms with Crippen molar-refractivity contribution < 1.29 is 19.8 Å². The maximum atomic E-state index is 11.6. The topological polar surface area (TPSA) is 98.7 Å². The lowest BCUT2D eigenvalue weighted by Gasteiger charge is -2.18. The number of nitrogens with one attached hydrogen (secondary N) is 2. The first-order valence-corrected chi connectivity index (χ1v) is 6.16. The monoisotopic (exact) mass is 260 g/mol. The molecule has 0 aromatic rings. The lowest BCUT2D eigenvalue weighted by atomic mass is 10.1. The molecule has 0 aromatic carbocycles. The van der Waals surface area contributed by atoms with Crippen LogP contribution in [-0.4, -0.2) is 60.2 Å². The normalized spacial score (nSPS) is 16.1. The molecule has 0 bridgehead atoms. The second-order valence-electron chi connectivity index (χ2n) is 4.38. The van der Waals surface area contributed by atoms with Crippen molar-refractivity contribution in [1.82, 2.24) is 10.6 Å². The van der Waals surface area contributed by atoms with E-state index in [0.717, 1.165) is 0 Å². The highest BCUT2D eigenvalue weighted by Crippen LogP contribution is 1.98. The Balaban J connectivity index is 3.91. The molecule has 6 nitrogen and oxygen atoms in total. The minimum atomic E-state index is -0.749. The van der Waals surface area contributed by atoms with Crippen LogP contribution in [0.1, 0.15) is 26.7 Å². The van der Waals surface area contributed by atoms with Gasteiger partial charge in [-0.05, 0) is 33.9 Å². The number of carbonyl (C=O) groups is 2. The van der Waals surface area contributed by atoms with Crippen LogP contribution in [0, 0.1) is 0 Å². The summed E-state index contributed by atoms with van der Waals surface area (Å²) in [6.07, 6.45) is 0.137. The van der Waals surface area contributed by atoms with Crippen molar-refractivity contribution in [3.05, 3.63) is 0 Å². The van der Waals surface area contributed by atoms with E-state index < -0.39 is 18.2 Å². The van der Waals surface area contributed by atoms with Crippen molar-refractivity contribution in [2.45, 2.75) is 44.9 Å². The summed E-state index contributed by atoms with van der Waals surface area (Å²) in [4.78, 5) is 22.7. The molecule has 0 aliphatic carbocycles. The first kappa shape index (κ1) is 17.2. The Morgan fingerprint density at radius 3 is 2.33 bits per heavy atom. The van der Waals surface area contributed by atoms with E-state index in [1.807, 2.05) is 0 Å². The number of Topliss-reactive ketones (excluding diaryl/α,β-unsaturated/α-hetero) is 2. The largest absolute Gasteiger partial charge is 0.394 e. The van der Waals surface area contributed by atoms with Gasteiger partial charge in [0.15, 0.2) is 5.78 Å². The Bertz CT molecular complexity index is 265. The lowest BCUT2D eigenvalue weighted by Crippen LogP contribution is -2.44. The van der Waals surface area contributed by atoms with Gasteiger partial charge in [0.05, 0.1) is 24.8 Å². The average molecular weight is 260 g/mol. The van der Waals surface area contributed by atoms with Crippen molar-refractivity contribution >= 4 is 11.6 Å². The van der Waals surface area contributed by atoms with Gasteiger partial charge in [-0.3, -0.25) is 9.59 Å². The van der Waals surface area contributed by atoms with Crippen LogP contribution in [0.4, 0.5) is 0 Å². The summed E-state index contributed by atoms with van der Waals surface area (Å²) < 4.78 is 0. The highest BCUT2D eigenvalue weighted by molar-refractivity contribution is 5.84. The van der Waals surface area contributed by atoms with Gasteiger partial charge in [-0.1, -0.05) is 0 Å². The molecule has 0 spiro atoms. The fraction of sp³-hybridized carbons (Fsp3) is 0.833. The molecule has 0 amide bonds. The molecule has 0 aliphatic heterocycles. The van der Waals surface area contributed by atoms with Crippen LogP contribution in [0.3, 0.4) is 0 Å². The number of aliphatic hydroxyl groups is 2. The maximum Gasteiger partial charge on any atom is 0.152 e. The predicted molar refractivity (Wildman–Crippen MR) is 68.3 cm³/mol. The van der Waals surface area contributed by atoms with E-state index in [1.165, 1.54) is 6.92 Å². The van der Waals surface area contributed by atoms with Gasteiger partial charge in [-0.15, -0.1) is 0 Å². The zero-order valence-corrected chi connectivity index (χ0v) is 11.3. The van der Waals surface area contributed by atoms with Gasteiger partial charge in [0.25, 0.3) is 0 Å². The third kappa shape index (κ3) is 6.20. The van der Waals surface area contributed by atoms with Crippen molar-refractivity contribution in [3.63, 3.8) is 0 Å². The van der Waals surface area contributed by atoms with E-state index >= 15 is 0 Å². The van der Waals surface area contributed by atoms with Crippen LogP contribution < -0.4 is 10.6 Å². The van der Waals surface area contributed by atoms with Gasteiger partial charge >= 0.3 is 0 Å². The molecule has 0 rings (SSSR count). The van der Waals surface area contributed by atoms with Gasteiger partial charge in [0, 0.05) is 6.42 Å². The molecule has 0 saturated carbocycles. The fourth-order valence-corrected chi connectivity index (χ4v) is 1.70. The van der Waals surface area contributed by atoms with E-state index in [0.29, 0.717) is 19.4 Å². The summed E-state index contributed by atoms with van der Waals surface area (Å²) in [6, 6.07) is -1.11. The van der Waals surface area contributed by atoms with Gasteiger partial charge in [0.1, 0.15) is 5.78 Å².